The Balaban J connectivity index is 0.000000106. The third kappa shape index (κ3) is 12.2. The molecule has 9 nitrogen and oxygen atoms in total. The van der Waals surface area contributed by atoms with E-state index in [2.05, 4.69) is 474 Å². The van der Waals surface area contributed by atoms with Gasteiger partial charge in [0.15, 0.2) is 0 Å². The van der Waals surface area contributed by atoms with Gasteiger partial charge in [-0.1, -0.05) is 399 Å². The lowest BCUT2D eigenvalue weighted by molar-refractivity contribution is 0.661. The van der Waals surface area contributed by atoms with Crippen molar-refractivity contribution in [3.8, 4) is 118 Å². The van der Waals surface area contributed by atoms with Gasteiger partial charge in [0.2, 0.25) is 17.8 Å². The van der Waals surface area contributed by atoms with Crippen molar-refractivity contribution in [2.75, 3.05) is 0 Å². The van der Waals surface area contributed by atoms with Crippen molar-refractivity contribution >= 4 is 98.1 Å². The monoisotopic (exact) mass is 1690 g/mol. The quantitative estimate of drug-likeness (QED) is 0.143. The van der Waals surface area contributed by atoms with Crippen molar-refractivity contribution in [1.29, 1.82) is 0 Å². The van der Waals surface area contributed by atoms with Crippen LogP contribution in [-0.2, 0) is 16.2 Å². The first-order valence-corrected chi connectivity index (χ1v) is 45.6. The number of para-hydroxylation sites is 6. The van der Waals surface area contributed by atoms with Crippen LogP contribution < -0.4 is 0 Å². The molecular weight excluding hydrogens is 1600 g/mol. The smallest absolute Gasteiger partial charge is 0.235 e. The van der Waals surface area contributed by atoms with Crippen molar-refractivity contribution in [2.45, 2.75) is 57.8 Å². The highest BCUT2D eigenvalue weighted by molar-refractivity contribution is 6.19. The van der Waals surface area contributed by atoms with Crippen LogP contribution >= 0.6 is 0 Å². The summed E-state index contributed by atoms with van der Waals surface area (Å²) < 4.78 is 6.78. The van der Waals surface area contributed by atoms with Gasteiger partial charge in [-0.2, -0.15) is 0 Å². The van der Waals surface area contributed by atoms with E-state index in [1.807, 2.05) is 0 Å². The molecule has 0 spiro atoms. The summed E-state index contributed by atoms with van der Waals surface area (Å²) in [5.41, 5.74) is 38.6. The van der Waals surface area contributed by atoms with Gasteiger partial charge >= 0.3 is 0 Å². The lowest BCUT2D eigenvalue weighted by Gasteiger charge is -2.22. The summed E-state index contributed by atoms with van der Waals surface area (Å²) in [6.07, 6.45) is 0. The fourth-order valence-electron chi connectivity index (χ4n) is 21.9. The summed E-state index contributed by atoms with van der Waals surface area (Å²) in [7, 11) is 0. The predicted octanol–water partition coefficient (Wildman–Crippen LogP) is 31.1. The van der Waals surface area contributed by atoms with Crippen molar-refractivity contribution in [2.24, 2.45) is 0 Å². The summed E-state index contributed by atoms with van der Waals surface area (Å²) in [5.74, 6) is 2.05. The van der Waals surface area contributed by atoms with Crippen LogP contribution in [0.3, 0.4) is 0 Å². The van der Waals surface area contributed by atoms with Gasteiger partial charge in [-0.15, -0.1) is 0 Å². The topological polar surface area (TPSA) is 92.1 Å². The minimum absolute atomic E-state index is 0.0676. The first kappa shape index (κ1) is 77.7. The van der Waals surface area contributed by atoms with E-state index in [0.717, 1.165) is 99.6 Å². The molecule has 3 aliphatic rings. The van der Waals surface area contributed by atoms with Gasteiger partial charge in [-0.05, 0) is 161 Å². The van der Waals surface area contributed by atoms with Gasteiger partial charge in [-0.25, -0.2) is 29.9 Å². The standard InChI is InChI=1S/3C41H29N3/c1-41(2)34-17-9-6-14-29(34)32-25-38-33(24-35(32)41)30-15-8-11-19-37(30)44(38)40-42-36-18-10-7-16-31(36)39(43-40)28-22-20-27(21-23-28)26-12-4-3-5-13-26;1-41(2)33-17-9-6-14-29(33)30-24-25-36-37(38(30)41)32-16-8-11-19-35(32)44(36)40-42-34-18-10-7-15-31(34)39(43-40)28-22-20-27(21-23-28)26-12-4-3-5-13-26;1-41(2)32-17-9-6-14-29(32)37-33(41)24-25-36-38(37)31-16-8-11-19-35(31)44(36)40-42-34-18-10-7-15-30(34)39(43-40)28-22-20-27(21-23-28)26-12-4-3-5-13-26/h3*3-25H,1-2H3. The van der Waals surface area contributed by atoms with Crippen LogP contribution in [0.2, 0.25) is 0 Å². The van der Waals surface area contributed by atoms with Crippen LogP contribution in [0.4, 0.5) is 0 Å². The van der Waals surface area contributed by atoms with Gasteiger partial charge in [0, 0.05) is 81.4 Å². The molecule has 0 saturated carbocycles. The molecule has 3 aliphatic carbocycles. The maximum Gasteiger partial charge on any atom is 0.235 e. The maximum absolute atomic E-state index is 5.34. The number of hydrogen-bond donors (Lipinski definition) is 0. The molecular formula is C123H87N9. The van der Waals surface area contributed by atoms with Gasteiger partial charge < -0.3 is 0 Å². The first-order valence-electron chi connectivity index (χ1n) is 45.6. The molecule has 0 atom stereocenters. The SMILES string of the molecule is CC1(C)c2ccccc2-c2c1ccc1c2c2ccccc2n1-c1nc(-c2ccc(-c3ccccc3)cc2)c2ccccc2n1.CC1(C)c2ccccc2-c2cc3c(cc21)c1ccccc1n3-c1nc(-c2ccc(-c3ccccc3)cc2)c2ccccc2n1.CC1(C)c2ccccc2-c2ccc3c(c21)c1ccccc1n3-c1nc(-c2ccc(-c3ccccc3)cc2)c2ccccc2n1. The number of hydrogen-bond acceptors (Lipinski definition) is 6. The summed E-state index contributed by atoms with van der Waals surface area (Å²) >= 11 is 0. The third-order valence-electron chi connectivity index (χ3n) is 28.3. The molecule has 0 radical (unpaired) electrons. The summed E-state index contributed by atoms with van der Waals surface area (Å²) in [4.78, 5) is 31.6. The largest absolute Gasteiger partial charge is 0.278 e. The zero-order valence-corrected chi connectivity index (χ0v) is 73.9. The van der Waals surface area contributed by atoms with Gasteiger partial charge in [0.1, 0.15) is 0 Å². The number of aromatic nitrogens is 9. The molecule has 6 aromatic heterocycles. The van der Waals surface area contributed by atoms with E-state index in [4.69, 9.17) is 29.9 Å². The average Bonchev–Trinajstić information content (AvgIpc) is 1.55. The second-order valence-corrected chi connectivity index (χ2v) is 36.7. The van der Waals surface area contributed by atoms with E-state index >= 15 is 0 Å². The van der Waals surface area contributed by atoms with Crippen LogP contribution in [0.15, 0.2) is 419 Å². The van der Waals surface area contributed by atoms with E-state index in [0.29, 0.717) is 17.8 Å². The minimum atomic E-state index is -0.129. The van der Waals surface area contributed by atoms with E-state index in [9.17, 15) is 0 Å². The van der Waals surface area contributed by atoms with Crippen LogP contribution in [0.5, 0.6) is 0 Å². The Kier molecular flexibility index (Phi) is 17.8. The Bertz CT molecular complexity index is 8650. The van der Waals surface area contributed by atoms with E-state index in [1.54, 1.807) is 0 Å². The highest BCUT2D eigenvalue weighted by atomic mass is 15.2. The molecule has 0 unspecified atom stereocenters. The van der Waals surface area contributed by atoms with Crippen LogP contribution in [0.1, 0.15) is 74.9 Å². The van der Waals surface area contributed by atoms with Crippen molar-refractivity contribution in [3.63, 3.8) is 0 Å². The maximum atomic E-state index is 5.34. The Hall–Kier alpha value is -16.6. The van der Waals surface area contributed by atoms with Gasteiger partial charge in [-0.3, -0.25) is 13.7 Å². The molecule has 0 saturated heterocycles. The minimum Gasteiger partial charge on any atom is -0.278 e. The molecule has 0 N–H and O–H groups in total. The zero-order valence-electron chi connectivity index (χ0n) is 73.9. The number of fused-ring (bicyclic) bond motifs is 23. The zero-order chi connectivity index (χ0) is 88.2. The van der Waals surface area contributed by atoms with E-state index in [-0.39, 0.29) is 16.2 Å². The second-order valence-electron chi connectivity index (χ2n) is 36.7. The van der Waals surface area contributed by atoms with E-state index in [1.165, 1.54) is 132 Å². The third-order valence-corrected chi connectivity index (χ3v) is 28.3. The molecule has 132 heavy (non-hydrogen) atoms. The molecule has 0 aliphatic heterocycles. The summed E-state index contributed by atoms with van der Waals surface area (Å²) in [6, 6.07) is 149. The molecule has 27 rings (SSSR count). The van der Waals surface area contributed by atoms with Crippen LogP contribution in [0, 0.1) is 0 Å². The van der Waals surface area contributed by atoms with Crippen molar-refractivity contribution in [3.05, 3.63) is 452 Å². The van der Waals surface area contributed by atoms with Gasteiger partial charge in [0.05, 0.1) is 66.7 Å². The Morgan fingerprint density at radius 3 is 0.962 bits per heavy atom. The first-order chi connectivity index (χ1) is 64.8. The fourth-order valence-corrected chi connectivity index (χ4v) is 21.9. The number of rotatable bonds is 9. The molecule has 6 heterocycles. The van der Waals surface area contributed by atoms with Crippen molar-refractivity contribution in [1.82, 2.24) is 43.6 Å². The number of nitrogens with zero attached hydrogens (tertiary/aromatic N) is 9. The van der Waals surface area contributed by atoms with Crippen LogP contribution in [0.25, 0.3) is 217 Å². The highest BCUT2D eigenvalue weighted by Crippen LogP contribution is 2.57. The van der Waals surface area contributed by atoms with E-state index < -0.39 is 0 Å². The second kappa shape index (κ2) is 30.3. The molecule has 0 bridgehead atoms. The Morgan fingerprint density at radius 1 is 0.182 bits per heavy atom. The lowest BCUT2D eigenvalue weighted by Crippen LogP contribution is -2.15. The fraction of sp³-hybridized carbons (Fsp3) is 0.0732. The average molecular weight is 1690 g/mol. The molecule has 24 aromatic rings. The lowest BCUT2D eigenvalue weighted by atomic mass is 9.80. The molecule has 624 valence electrons. The Labute approximate surface area is 764 Å². The predicted molar refractivity (Wildman–Crippen MR) is 547 cm³/mol. The molecule has 0 amide bonds. The molecule has 0 fully saturated rings. The van der Waals surface area contributed by atoms with Crippen molar-refractivity contribution < 1.29 is 0 Å². The van der Waals surface area contributed by atoms with Gasteiger partial charge in [0.25, 0.3) is 0 Å². The normalized spacial score (nSPS) is 13.4. The Morgan fingerprint density at radius 2 is 0.500 bits per heavy atom. The molecule has 18 aromatic carbocycles. The highest BCUT2D eigenvalue weighted by Gasteiger charge is 2.41. The summed E-state index contributed by atoms with van der Waals surface area (Å²) in [5, 5.41) is 10.6. The number of benzene rings is 18. The van der Waals surface area contributed by atoms with Crippen LogP contribution in [-0.4, -0.2) is 43.6 Å². The summed E-state index contributed by atoms with van der Waals surface area (Å²) in [6.45, 7) is 14.1. The molecule has 9 heteroatoms.